The van der Waals surface area contributed by atoms with Gasteiger partial charge in [-0.2, -0.15) is 10.2 Å². The van der Waals surface area contributed by atoms with E-state index in [2.05, 4.69) is 16.3 Å². The van der Waals surface area contributed by atoms with Crippen LogP contribution in [0.3, 0.4) is 0 Å². The molecule has 4 rings (SSSR count). The molecule has 2 heterocycles. The number of hydrogen-bond acceptors (Lipinski definition) is 3. The third kappa shape index (κ3) is 3.77. The van der Waals surface area contributed by atoms with Gasteiger partial charge >= 0.3 is 0 Å². The number of ketones is 1. The summed E-state index contributed by atoms with van der Waals surface area (Å²) in [5, 5.41) is 9.04. The van der Waals surface area contributed by atoms with Crippen molar-refractivity contribution in [1.82, 2.24) is 19.6 Å². The minimum Gasteiger partial charge on any atom is -0.294 e. The number of Topliss-reactive ketones (excluding diaryl/α,β-unsaturated/α-hetero) is 1. The number of benzene rings is 1. The highest BCUT2D eigenvalue weighted by Crippen LogP contribution is 2.32. The van der Waals surface area contributed by atoms with Crippen LogP contribution in [-0.4, -0.2) is 25.3 Å². The summed E-state index contributed by atoms with van der Waals surface area (Å²) in [4.78, 5) is 12.0. The first kappa shape index (κ1) is 18.6. The zero-order chi connectivity index (χ0) is 19.8. The highest BCUT2D eigenvalue weighted by atomic mass is 19.1. The van der Waals surface area contributed by atoms with Gasteiger partial charge in [0.15, 0.2) is 5.78 Å². The Bertz CT molecular complexity index is 1030. The molecule has 2 aromatic heterocycles. The van der Waals surface area contributed by atoms with Crippen LogP contribution in [0.2, 0.25) is 0 Å². The molecule has 146 valence electrons. The maximum atomic E-state index is 13.7. The van der Waals surface area contributed by atoms with Crippen molar-refractivity contribution < 1.29 is 9.18 Å². The highest BCUT2D eigenvalue weighted by Gasteiger charge is 2.23. The van der Waals surface area contributed by atoms with Gasteiger partial charge in [-0.3, -0.25) is 14.2 Å². The van der Waals surface area contributed by atoms with Gasteiger partial charge in [-0.1, -0.05) is 0 Å². The number of nitrogens with zero attached hydrogens (tertiary/aromatic N) is 4. The highest BCUT2D eigenvalue weighted by molar-refractivity contribution is 6.00. The molecule has 0 saturated heterocycles. The molecule has 0 radical (unpaired) electrons. The minimum absolute atomic E-state index is 0.155. The van der Waals surface area contributed by atoms with E-state index in [4.69, 9.17) is 0 Å². The second-order valence-electron chi connectivity index (χ2n) is 7.79. The van der Waals surface area contributed by atoms with Crippen LogP contribution in [0.15, 0.2) is 30.5 Å². The number of hydrogen-bond donors (Lipinski definition) is 0. The zero-order valence-corrected chi connectivity index (χ0v) is 16.6. The van der Waals surface area contributed by atoms with Crippen molar-refractivity contribution >= 4 is 5.78 Å². The van der Waals surface area contributed by atoms with Crippen LogP contribution >= 0.6 is 0 Å². The van der Waals surface area contributed by atoms with Crippen LogP contribution in [0.25, 0.3) is 11.3 Å². The lowest BCUT2D eigenvalue weighted by molar-refractivity contribution is 0.101. The molecular weight excluding hydrogens is 355 g/mol. The summed E-state index contributed by atoms with van der Waals surface area (Å²) < 4.78 is 17.4. The van der Waals surface area contributed by atoms with Gasteiger partial charge in [0.25, 0.3) is 0 Å². The quantitative estimate of drug-likeness (QED) is 0.584. The summed E-state index contributed by atoms with van der Waals surface area (Å²) in [5.74, 6) is 0.255. The van der Waals surface area contributed by atoms with E-state index in [0.29, 0.717) is 5.56 Å². The standard InChI is InChI=1S/C22H25FN4O/c1-14(28)21-11-17(23)7-9-20(21)22-16(13-24-27(22)3)6-8-19-12-18(25-26(19)2)10-15-4-5-15/h7,9,11-13,15H,4-6,8,10H2,1-3H3. The average molecular weight is 380 g/mol. The van der Waals surface area contributed by atoms with Crippen molar-refractivity contribution in [1.29, 1.82) is 0 Å². The Balaban J connectivity index is 1.59. The Hall–Kier alpha value is -2.76. The molecule has 0 amide bonds. The lowest BCUT2D eigenvalue weighted by Crippen LogP contribution is -2.04. The molecule has 0 aliphatic heterocycles. The Labute approximate surface area is 164 Å². The Morgan fingerprint density at radius 2 is 1.96 bits per heavy atom. The predicted molar refractivity (Wildman–Crippen MR) is 106 cm³/mol. The molecular formula is C22H25FN4O. The fourth-order valence-electron chi connectivity index (χ4n) is 3.81. The zero-order valence-electron chi connectivity index (χ0n) is 16.6. The Kier molecular flexibility index (Phi) is 4.87. The molecule has 0 N–H and O–H groups in total. The predicted octanol–water partition coefficient (Wildman–Crippen LogP) is 3.90. The topological polar surface area (TPSA) is 52.7 Å². The molecule has 28 heavy (non-hydrogen) atoms. The van der Waals surface area contributed by atoms with Crippen molar-refractivity contribution in [2.75, 3.05) is 0 Å². The molecule has 1 saturated carbocycles. The normalized spacial score (nSPS) is 13.9. The lowest BCUT2D eigenvalue weighted by atomic mass is 9.97. The molecule has 0 bridgehead atoms. The summed E-state index contributed by atoms with van der Waals surface area (Å²) in [6.07, 6.45) is 7.17. The molecule has 5 nitrogen and oxygen atoms in total. The van der Waals surface area contributed by atoms with Crippen LogP contribution in [0.4, 0.5) is 4.39 Å². The second kappa shape index (κ2) is 7.34. The molecule has 0 spiro atoms. The Morgan fingerprint density at radius 3 is 2.68 bits per heavy atom. The van der Waals surface area contributed by atoms with Gasteiger partial charge in [-0.05, 0) is 74.8 Å². The largest absolute Gasteiger partial charge is 0.294 e. The van der Waals surface area contributed by atoms with Gasteiger partial charge in [0.05, 0.1) is 17.6 Å². The first-order valence-corrected chi connectivity index (χ1v) is 9.76. The summed E-state index contributed by atoms with van der Waals surface area (Å²) >= 11 is 0. The molecule has 1 aromatic carbocycles. The van der Waals surface area contributed by atoms with Gasteiger partial charge in [0, 0.05) is 30.9 Å². The molecule has 1 fully saturated rings. The summed E-state index contributed by atoms with van der Waals surface area (Å²) in [6, 6.07) is 6.57. The minimum atomic E-state index is -0.407. The molecule has 1 aliphatic rings. The van der Waals surface area contributed by atoms with Gasteiger partial charge in [0.2, 0.25) is 0 Å². The van der Waals surface area contributed by atoms with Crippen molar-refractivity contribution in [3.63, 3.8) is 0 Å². The van der Waals surface area contributed by atoms with Crippen LogP contribution < -0.4 is 0 Å². The van der Waals surface area contributed by atoms with E-state index < -0.39 is 5.82 Å². The number of rotatable bonds is 7. The molecule has 1 aliphatic carbocycles. The number of aryl methyl sites for hydroxylation is 4. The fraction of sp³-hybridized carbons (Fsp3) is 0.409. The third-order valence-electron chi connectivity index (χ3n) is 5.50. The maximum Gasteiger partial charge on any atom is 0.160 e. The van der Waals surface area contributed by atoms with E-state index >= 15 is 0 Å². The SMILES string of the molecule is CC(=O)c1cc(F)ccc1-c1c(CCc2cc(CC3CC3)nn2C)cnn1C. The first-order chi connectivity index (χ1) is 13.4. The summed E-state index contributed by atoms with van der Waals surface area (Å²) in [5.41, 5.74) is 5.38. The number of carbonyl (C=O) groups excluding carboxylic acids is 1. The smallest absolute Gasteiger partial charge is 0.160 e. The fourth-order valence-corrected chi connectivity index (χ4v) is 3.81. The number of carbonyl (C=O) groups is 1. The van der Waals surface area contributed by atoms with Crippen LogP contribution in [0, 0.1) is 11.7 Å². The first-order valence-electron chi connectivity index (χ1n) is 9.76. The second-order valence-corrected chi connectivity index (χ2v) is 7.79. The van der Waals surface area contributed by atoms with Gasteiger partial charge in [-0.25, -0.2) is 4.39 Å². The van der Waals surface area contributed by atoms with Crippen molar-refractivity contribution in [3.05, 3.63) is 58.8 Å². The molecule has 6 heteroatoms. The monoisotopic (exact) mass is 380 g/mol. The average Bonchev–Trinajstić information content (AvgIpc) is 3.29. The number of halogens is 1. The Morgan fingerprint density at radius 1 is 1.18 bits per heavy atom. The van der Waals surface area contributed by atoms with E-state index in [1.165, 1.54) is 43.3 Å². The van der Waals surface area contributed by atoms with Crippen LogP contribution in [0.5, 0.6) is 0 Å². The van der Waals surface area contributed by atoms with Crippen LogP contribution in [-0.2, 0) is 33.4 Å². The molecule has 3 aromatic rings. The lowest BCUT2D eigenvalue weighted by Gasteiger charge is -2.11. The van der Waals surface area contributed by atoms with Gasteiger partial charge < -0.3 is 0 Å². The van der Waals surface area contributed by atoms with E-state index in [1.807, 2.05) is 25.0 Å². The van der Waals surface area contributed by atoms with Crippen molar-refractivity contribution in [3.8, 4) is 11.3 Å². The van der Waals surface area contributed by atoms with Crippen molar-refractivity contribution in [2.45, 2.75) is 39.0 Å². The summed E-state index contributed by atoms with van der Waals surface area (Å²) in [6.45, 7) is 1.46. The maximum absolute atomic E-state index is 13.7. The number of aromatic nitrogens is 4. The van der Waals surface area contributed by atoms with E-state index in [1.54, 1.807) is 10.7 Å². The van der Waals surface area contributed by atoms with Gasteiger partial charge in [-0.15, -0.1) is 0 Å². The van der Waals surface area contributed by atoms with E-state index in [-0.39, 0.29) is 5.78 Å². The van der Waals surface area contributed by atoms with Crippen LogP contribution in [0.1, 0.15) is 47.1 Å². The van der Waals surface area contributed by atoms with Crippen molar-refractivity contribution in [2.24, 2.45) is 20.0 Å². The summed E-state index contributed by atoms with van der Waals surface area (Å²) in [7, 11) is 3.84. The van der Waals surface area contributed by atoms with Gasteiger partial charge in [0.1, 0.15) is 5.82 Å². The van der Waals surface area contributed by atoms with E-state index in [9.17, 15) is 9.18 Å². The molecule has 0 atom stereocenters. The van der Waals surface area contributed by atoms with E-state index in [0.717, 1.165) is 42.0 Å². The molecule has 0 unspecified atom stereocenters. The third-order valence-corrected chi connectivity index (χ3v) is 5.50.